The minimum atomic E-state index is -4.50. The van der Waals surface area contributed by atoms with Crippen LogP contribution in [-0.2, 0) is 17.3 Å². The summed E-state index contributed by atoms with van der Waals surface area (Å²) in [5, 5.41) is 0. The molecule has 1 aromatic rings. The molecule has 0 spiro atoms. The van der Waals surface area contributed by atoms with Gasteiger partial charge in [0.1, 0.15) is 5.69 Å². The van der Waals surface area contributed by atoms with Gasteiger partial charge in [-0.15, -0.1) is 0 Å². The number of nitrogens with zero attached hydrogens (tertiary/aromatic N) is 1. The van der Waals surface area contributed by atoms with Crippen molar-refractivity contribution in [3.8, 4) is 0 Å². The average molecular weight is 261 g/mol. The molecule has 0 N–H and O–H groups in total. The highest BCUT2D eigenvalue weighted by molar-refractivity contribution is 5.90. The average Bonchev–Trinajstić information content (AvgIpc) is 2.28. The van der Waals surface area contributed by atoms with Crippen LogP contribution < -0.4 is 0 Å². The summed E-state index contributed by atoms with van der Waals surface area (Å²) in [6.45, 7) is 3.61. The fourth-order valence-electron chi connectivity index (χ4n) is 1.48. The number of carbonyl (C=O) groups is 1. The van der Waals surface area contributed by atoms with Crippen molar-refractivity contribution < 1.29 is 22.7 Å². The van der Waals surface area contributed by atoms with Crippen molar-refractivity contribution in [1.29, 1.82) is 0 Å². The van der Waals surface area contributed by atoms with Crippen molar-refractivity contribution in [3.63, 3.8) is 0 Å². The Hall–Kier alpha value is -1.59. The molecular weight excluding hydrogens is 247 g/mol. The monoisotopic (exact) mass is 261 g/mol. The van der Waals surface area contributed by atoms with Gasteiger partial charge in [-0.05, 0) is 25.5 Å². The molecule has 6 heteroatoms. The summed E-state index contributed by atoms with van der Waals surface area (Å²) >= 11 is 0. The largest absolute Gasteiger partial charge is 0.462 e. The predicted octanol–water partition coefficient (Wildman–Crippen LogP) is 3.23. The van der Waals surface area contributed by atoms with Crippen molar-refractivity contribution in [2.45, 2.75) is 32.9 Å². The summed E-state index contributed by atoms with van der Waals surface area (Å²) in [4.78, 5) is 15.1. The second-order valence-electron chi connectivity index (χ2n) is 3.66. The zero-order valence-electron chi connectivity index (χ0n) is 10.2. The normalized spacial score (nSPS) is 11.4. The Labute approximate surface area is 103 Å². The lowest BCUT2D eigenvalue weighted by atomic mass is 10.1. The number of pyridine rings is 1. The van der Waals surface area contributed by atoms with Gasteiger partial charge in [-0.3, -0.25) is 0 Å². The molecule has 18 heavy (non-hydrogen) atoms. The first kappa shape index (κ1) is 14.5. The van der Waals surface area contributed by atoms with Crippen molar-refractivity contribution in [2.75, 3.05) is 6.61 Å². The molecule has 0 radical (unpaired) electrons. The summed E-state index contributed by atoms with van der Waals surface area (Å²) in [6, 6.07) is 1.92. The van der Waals surface area contributed by atoms with Crippen LogP contribution in [0.1, 0.15) is 42.0 Å². The minimum Gasteiger partial charge on any atom is -0.462 e. The van der Waals surface area contributed by atoms with E-state index in [4.69, 9.17) is 4.74 Å². The Kier molecular flexibility index (Phi) is 4.69. The number of aromatic nitrogens is 1. The third-order valence-corrected chi connectivity index (χ3v) is 2.25. The molecule has 1 aromatic heterocycles. The van der Waals surface area contributed by atoms with Gasteiger partial charge in [0.25, 0.3) is 0 Å². The topological polar surface area (TPSA) is 39.2 Å². The smallest absolute Gasteiger partial charge is 0.433 e. The molecule has 0 aliphatic carbocycles. The second kappa shape index (κ2) is 5.84. The Morgan fingerprint density at radius 3 is 2.50 bits per heavy atom. The number of ether oxygens (including phenoxy) is 1. The van der Waals surface area contributed by atoms with E-state index in [2.05, 4.69) is 4.98 Å². The highest BCUT2D eigenvalue weighted by Crippen LogP contribution is 2.28. The number of rotatable bonds is 4. The first-order valence-corrected chi connectivity index (χ1v) is 5.64. The SMILES string of the molecule is CCCc1nc(C(F)(F)F)ccc1C(=O)OCC. The molecule has 0 bridgehead atoms. The van der Waals surface area contributed by atoms with E-state index >= 15 is 0 Å². The summed E-state index contributed by atoms with van der Waals surface area (Å²) in [5.41, 5.74) is -0.753. The summed E-state index contributed by atoms with van der Waals surface area (Å²) in [6.07, 6.45) is -3.60. The van der Waals surface area contributed by atoms with Gasteiger partial charge in [0.05, 0.1) is 17.9 Å². The number of hydrogen-bond donors (Lipinski definition) is 0. The van der Waals surface area contributed by atoms with Crippen LogP contribution in [0.3, 0.4) is 0 Å². The van der Waals surface area contributed by atoms with Crippen LogP contribution in [0.4, 0.5) is 13.2 Å². The van der Waals surface area contributed by atoms with Crippen LogP contribution >= 0.6 is 0 Å². The minimum absolute atomic E-state index is 0.103. The van der Waals surface area contributed by atoms with Crippen molar-refractivity contribution in [3.05, 3.63) is 29.1 Å². The van der Waals surface area contributed by atoms with Gasteiger partial charge in [-0.2, -0.15) is 13.2 Å². The molecule has 100 valence electrons. The molecule has 0 atom stereocenters. The summed E-state index contributed by atoms with van der Waals surface area (Å²) in [5.74, 6) is -0.637. The lowest BCUT2D eigenvalue weighted by molar-refractivity contribution is -0.141. The standard InChI is InChI=1S/C12H14F3NO2/c1-3-5-9-8(11(17)18-4-2)6-7-10(16-9)12(13,14)15/h6-7H,3-5H2,1-2H3. The molecular formula is C12H14F3NO2. The van der Waals surface area contributed by atoms with E-state index in [1.807, 2.05) is 0 Å². The summed E-state index contributed by atoms with van der Waals surface area (Å²) in [7, 11) is 0. The fourth-order valence-corrected chi connectivity index (χ4v) is 1.48. The maximum atomic E-state index is 12.5. The highest BCUT2D eigenvalue weighted by atomic mass is 19.4. The van der Waals surface area contributed by atoms with E-state index in [0.29, 0.717) is 12.8 Å². The molecule has 0 unspecified atom stereocenters. The van der Waals surface area contributed by atoms with Crippen LogP contribution in [0.2, 0.25) is 0 Å². The lowest BCUT2D eigenvalue weighted by Gasteiger charge is -2.11. The van der Waals surface area contributed by atoms with E-state index in [1.54, 1.807) is 13.8 Å². The van der Waals surface area contributed by atoms with Gasteiger partial charge in [-0.1, -0.05) is 13.3 Å². The molecule has 1 heterocycles. The number of alkyl halides is 3. The highest BCUT2D eigenvalue weighted by Gasteiger charge is 2.33. The molecule has 0 aliphatic rings. The zero-order chi connectivity index (χ0) is 13.8. The van der Waals surface area contributed by atoms with Crippen molar-refractivity contribution in [2.24, 2.45) is 0 Å². The van der Waals surface area contributed by atoms with E-state index in [-0.39, 0.29) is 17.9 Å². The molecule has 0 saturated heterocycles. The predicted molar refractivity (Wildman–Crippen MR) is 59.2 cm³/mol. The summed E-state index contributed by atoms with van der Waals surface area (Å²) < 4.78 is 42.3. The second-order valence-corrected chi connectivity index (χ2v) is 3.66. The van der Waals surface area contributed by atoms with E-state index in [1.165, 1.54) is 0 Å². The number of halogens is 3. The molecule has 0 saturated carbocycles. The number of hydrogen-bond acceptors (Lipinski definition) is 3. The first-order valence-electron chi connectivity index (χ1n) is 5.64. The van der Waals surface area contributed by atoms with Crippen LogP contribution in [0.5, 0.6) is 0 Å². The number of carbonyl (C=O) groups excluding carboxylic acids is 1. The lowest BCUT2D eigenvalue weighted by Crippen LogP contribution is -2.14. The molecule has 0 fully saturated rings. The maximum Gasteiger partial charge on any atom is 0.433 e. The van der Waals surface area contributed by atoms with E-state index in [9.17, 15) is 18.0 Å². The van der Waals surface area contributed by atoms with Gasteiger partial charge < -0.3 is 4.74 Å². The Bertz CT molecular complexity index is 430. The zero-order valence-corrected chi connectivity index (χ0v) is 10.2. The molecule has 0 aromatic carbocycles. The quantitative estimate of drug-likeness (QED) is 0.781. The first-order chi connectivity index (χ1) is 8.40. The van der Waals surface area contributed by atoms with Gasteiger partial charge in [0, 0.05) is 0 Å². The number of esters is 1. The van der Waals surface area contributed by atoms with Gasteiger partial charge in [0.2, 0.25) is 0 Å². The maximum absolute atomic E-state index is 12.5. The van der Waals surface area contributed by atoms with Gasteiger partial charge in [0.15, 0.2) is 0 Å². The third-order valence-electron chi connectivity index (χ3n) is 2.25. The molecule has 0 amide bonds. The van der Waals surface area contributed by atoms with Gasteiger partial charge >= 0.3 is 12.1 Å². The van der Waals surface area contributed by atoms with Gasteiger partial charge in [-0.25, -0.2) is 9.78 Å². The van der Waals surface area contributed by atoms with Crippen LogP contribution in [0.15, 0.2) is 12.1 Å². The van der Waals surface area contributed by atoms with E-state index in [0.717, 1.165) is 12.1 Å². The van der Waals surface area contributed by atoms with Crippen molar-refractivity contribution >= 4 is 5.97 Å². The Balaban J connectivity index is 3.16. The van der Waals surface area contributed by atoms with E-state index < -0.39 is 17.8 Å². The fraction of sp³-hybridized carbons (Fsp3) is 0.500. The Morgan fingerprint density at radius 1 is 1.33 bits per heavy atom. The molecule has 0 aliphatic heterocycles. The molecule has 3 nitrogen and oxygen atoms in total. The van der Waals surface area contributed by atoms with Crippen LogP contribution in [-0.4, -0.2) is 17.6 Å². The van der Waals surface area contributed by atoms with Crippen LogP contribution in [0.25, 0.3) is 0 Å². The van der Waals surface area contributed by atoms with Crippen LogP contribution in [0, 0.1) is 0 Å². The molecule has 1 rings (SSSR count). The Morgan fingerprint density at radius 2 is 2.00 bits per heavy atom. The van der Waals surface area contributed by atoms with Crippen molar-refractivity contribution in [1.82, 2.24) is 4.98 Å². The third kappa shape index (κ3) is 3.45. The number of aryl methyl sites for hydroxylation is 1.